The maximum Gasteiger partial charge on any atom is 0.224 e. The average Bonchev–Trinajstić information content (AvgIpc) is 3.26. The highest BCUT2D eigenvalue weighted by Gasteiger charge is 2.32. The molecule has 1 N–H and O–H groups in total. The van der Waals surface area contributed by atoms with Gasteiger partial charge in [0.15, 0.2) is 0 Å². The standard InChI is InChI=1S/C26H35N3O2/c1-2-3-11-28-26(30)24-14-21(17-29(18-24)16-20-9-12-27-13-10-20)19-31-25-8-7-22-5-4-6-23(22)15-25/h7-10,12-13,15,21,24H,2-6,11,14,16-19H2,1H3,(H,28,30)/t21-,24+/m0/s1. The molecule has 166 valence electrons. The normalized spacial score (nSPS) is 20.9. The predicted molar refractivity (Wildman–Crippen MR) is 123 cm³/mol. The van der Waals surface area contributed by atoms with Gasteiger partial charge in [0.05, 0.1) is 12.5 Å². The lowest BCUT2D eigenvalue weighted by Crippen LogP contribution is -2.47. The van der Waals surface area contributed by atoms with E-state index in [1.54, 1.807) is 0 Å². The molecular weight excluding hydrogens is 386 g/mol. The number of aryl methyl sites for hydroxylation is 2. The summed E-state index contributed by atoms with van der Waals surface area (Å²) in [6.07, 6.45) is 10.3. The molecule has 0 saturated carbocycles. The van der Waals surface area contributed by atoms with Gasteiger partial charge in [-0.1, -0.05) is 19.4 Å². The minimum Gasteiger partial charge on any atom is -0.493 e. The second-order valence-electron chi connectivity index (χ2n) is 9.09. The summed E-state index contributed by atoms with van der Waals surface area (Å²) in [6.45, 7) is 6.17. The Kier molecular flexibility index (Phi) is 7.57. The van der Waals surface area contributed by atoms with E-state index < -0.39 is 0 Å². The third-order valence-electron chi connectivity index (χ3n) is 6.52. The van der Waals surface area contributed by atoms with Gasteiger partial charge in [-0.05, 0) is 73.1 Å². The number of hydrogen-bond acceptors (Lipinski definition) is 4. The minimum absolute atomic E-state index is 0.0149. The number of carbonyl (C=O) groups excluding carboxylic acids is 1. The van der Waals surface area contributed by atoms with Gasteiger partial charge < -0.3 is 10.1 Å². The van der Waals surface area contributed by atoms with Crippen molar-refractivity contribution in [2.75, 3.05) is 26.2 Å². The number of benzene rings is 1. The van der Waals surface area contributed by atoms with E-state index in [1.807, 2.05) is 12.4 Å². The zero-order valence-electron chi connectivity index (χ0n) is 18.7. The fourth-order valence-electron chi connectivity index (χ4n) is 4.87. The highest BCUT2D eigenvalue weighted by atomic mass is 16.5. The fraction of sp³-hybridized carbons (Fsp3) is 0.538. The first-order valence-electron chi connectivity index (χ1n) is 11.8. The van der Waals surface area contributed by atoms with Crippen molar-refractivity contribution >= 4 is 5.91 Å². The van der Waals surface area contributed by atoms with Gasteiger partial charge in [0.1, 0.15) is 5.75 Å². The number of pyridine rings is 1. The van der Waals surface area contributed by atoms with E-state index in [9.17, 15) is 4.79 Å². The summed E-state index contributed by atoms with van der Waals surface area (Å²) in [5.41, 5.74) is 4.14. The number of likely N-dealkylation sites (tertiary alicyclic amines) is 1. The van der Waals surface area contributed by atoms with E-state index in [2.05, 4.69) is 52.5 Å². The summed E-state index contributed by atoms with van der Waals surface area (Å²) in [5.74, 6) is 1.51. The van der Waals surface area contributed by atoms with Gasteiger partial charge >= 0.3 is 0 Å². The molecule has 2 aromatic rings. The number of unbranched alkanes of at least 4 members (excludes halogenated alkanes) is 1. The van der Waals surface area contributed by atoms with Crippen molar-refractivity contribution < 1.29 is 9.53 Å². The highest BCUT2D eigenvalue weighted by molar-refractivity contribution is 5.79. The smallest absolute Gasteiger partial charge is 0.224 e. The van der Waals surface area contributed by atoms with Crippen LogP contribution in [0.15, 0.2) is 42.7 Å². The summed E-state index contributed by atoms with van der Waals surface area (Å²) in [7, 11) is 0. The Hall–Kier alpha value is -2.40. The molecule has 31 heavy (non-hydrogen) atoms. The van der Waals surface area contributed by atoms with Crippen molar-refractivity contribution in [2.24, 2.45) is 11.8 Å². The SMILES string of the molecule is CCCCNC(=O)[C@@H]1C[C@H](COc2ccc3c(c2)CCC3)CN(Cc2ccncc2)C1. The molecule has 0 bridgehead atoms. The van der Waals surface area contributed by atoms with Crippen molar-refractivity contribution in [1.82, 2.24) is 15.2 Å². The Bertz CT molecular complexity index is 855. The topological polar surface area (TPSA) is 54.5 Å². The van der Waals surface area contributed by atoms with E-state index >= 15 is 0 Å². The van der Waals surface area contributed by atoms with E-state index in [1.165, 1.54) is 29.5 Å². The highest BCUT2D eigenvalue weighted by Crippen LogP contribution is 2.28. The number of hydrogen-bond donors (Lipinski definition) is 1. The number of piperidine rings is 1. The van der Waals surface area contributed by atoms with Crippen LogP contribution in [0.5, 0.6) is 5.75 Å². The molecule has 1 aromatic heterocycles. The number of aromatic nitrogens is 1. The third-order valence-corrected chi connectivity index (χ3v) is 6.52. The fourth-order valence-corrected chi connectivity index (χ4v) is 4.87. The summed E-state index contributed by atoms with van der Waals surface area (Å²) >= 11 is 0. The van der Waals surface area contributed by atoms with Gasteiger partial charge in [-0.15, -0.1) is 0 Å². The first-order chi connectivity index (χ1) is 15.2. The van der Waals surface area contributed by atoms with Crippen LogP contribution < -0.4 is 10.1 Å². The Morgan fingerprint density at radius 2 is 2.00 bits per heavy atom. The van der Waals surface area contributed by atoms with Crippen molar-refractivity contribution in [3.63, 3.8) is 0 Å². The Balaban J connectivity index is 1.39. The second kappa shape index (κ2) is 10.8. The van der Waals surface area contributed by atoms with Gasteiger partial charge in [-0.3, -0.25) is 14.7 Å². The van der Waals surface area contributed by atoms with E-state index in [0.717, 1.165) is 57.6 Å². The third kappa shape index (κ3) is 6.07. The van der Waals surface area contributed by atoms with Gasteiger partial charge in [-0.25, -0.2) is 0 Å². The number of ether oxygens (including phenoxy) is 1. The van der Waals surface area contributed by atoms with Gasteiger partial charge in [-0.2, -0.15) is 0 Å². The number of rotatable bonds is 9. The molecule has 4 rings (SSSR count). The number of nitrogens with zero attached hydrogens (tertiary/aromatic N) is 2. The van der Waals surface area contributed by atoms with Crippen LogP contribution in [0.4, 0.5) is 0 Å². The molecule has 0 unspecified atom stereocenters. The van der Waals surface area contributed by atoms with Gasteiger partial charge in [0, 0.05) is 44.5 Å². The molecule has 2 heterocycles. The Labute approximate surface area is 186 Å². The minimum atomic E-state index is 0.0149. The zero-order valence-corrected chi connectivity index (χ0v) is 18.7. The molecule has 1 aliphatic heterocycles. The van der Waals surface area contributed by atoms with E-state index in [4.69, 9.17) is 4.74 Å². The van der Waals surface area contributed by atoms with Crippen LogP contribution in [0.3, 0.4) is 0 Å². The molecule has 5 heteroatoms. The first-order valence-corrected chi connectivity index (χ1v) is 11.8. The quantitative estimate of drug-likeness (QED) is 0.622. The van der Waals surface area contributed by atoms with Crippen LogP contribution in [0, 0.1) is 11.8 Å². The molecular formula is C26H35N3O2. The molecule has 2 aliphatic rings. The van der Waals surface area contributed by atoms with Crippen LogP contribution in [0.25, 0.3) is 0 Å². The number of fused-ring (bicyclic) bond motifs is 1. The molecule has 1 saturated heterocycles. The summed E-state index contributed by atoms with van der Waals surface area (Å²) < 4.78 is 6.23. The maximum absolute atomic E-state index is 12.8. The van der Waals surface area contributed by atoms with Crippen molar-refractivity contribution in [3.05, 3.63) is 59.4 Å². The maximum atomic E-state index is 12.8. The van der Waals surface area contributed by atoms with Gasteiger partial charge in [0.2, 0.25) is 5.91 Å². The molecule has 2 atom stereocenters. The van der Waals surface area contributed by atoms with Crippen molar-refractivity contribution in [1.29, 1.82) is 0 Å². The molecule has 1 amide bonds. The monoisotopic (exact) mass is 421 g/mol. The number of amides is 1. The number of nitrogens with one attached hydrogen (secondary N) is 1. The Morgan fingerprint density at radius 1 is 1.16 bits per heavy atom. The second-order valence-corrected chi connectivity index (χ2v) is 9.09. The van der Waals surface area contributed by atoms with E-state index in [0.29, 0.717) is 12.5 Å². The van der Waals surface area contributed by atoms with Crippen LogP contribution >= 0.6 is 0 Å². The molecule has 1 aliphatic carbocycles. The van der Waals surface area contributed by atoms with Crippen molar-refractivity contribution in [2.45, 2.75) is 52.0 Å². The summed E-state index contributed by atoms with van der Waals surface area (Å²) in [5, 5.41) is 3.14. The first kappa shape index (κ1) is 21.8. The summed E-state index contributed by atoms with van der Waals surface area (Å²) in [4.78, 5) is 19.4. The van der Waals surface area contributed by atoms with E-state index in [-0.39, 0.29) is 11.8 Å². The van der Waals surface area contributed by atoms with Crippen LogP contribution in [-0.4, -0.2) is 42.0 Å². The number of carbonyl (C=O) groups is 1. The van der Waals surface area contributed by atoms with Crippen LogP contribution in [0.2, 0.25) is 0 Å². The molecule has 5 nitrogen and oxygen atoms in total. The molecule has 0 spiro atoms. The molecule has 1 fully saturated rings. The van der Waals surface area contributed by atoms with Crippen molar-refractivity contribution in [3.8, 4) is 5.75 Å². The average molecular weight is 422 g/mol. The van der Waals surface area contributed by atoms with Gasteiger partial charge in [0.25, 0.3) is 0 Å². The predicted octanol–water partition coefficient (Wildman–Crippen LogP) is 4.00. The van der Waals surface area contributed by atoms with Crippen LogP contribution in [-0.2, 0) is 24.2 Å². The van der Waals surface area contributed by atoms with Crippen LogP contribution in [0.1, 0.15) is 49.3 Å². The largest absolute Gasteiger partial charge is 0.493 e. The zero-order chi connectivity index (χ0) is 21.5. The lowest BCUT2D eigenvalue weighted by atomic mass is 9.88. The summed E-state index contributed by atoms with van der Waals surface area (Å²) in [6, 6.07) is 10.7. The Morgan fingerprint density at radius 3 is 2.84 bits per heavy atom. The molecule has 1 aromatic carbocycles. The lowest BCUT2D eigenvalue weighted by molar-refractivity contribution is -0.127. The molecule has 0 radical (unpaired) electrons. The lowest BCUT2D eigenvalue weighted by Gasteiger charge is -2.37.